The summed E-state index contributed by atoms with van der Waals surface area (Å²) in [6.45, 7) is 0.633. The van der Waals surface area contributed by atoms with Crippen molar-refractivity contribution in [2.45, 2.75) is 6.54 Å². The lowest BCUT2D eigenvalue weighted by molar-refractivity contribution is 0.450. The molecule has 0 N–H and O–H groups in total. The standard InChI is InChI=1S/C19H15ClN4S2/c1-25-19-22-18-16(8-11-26-18)17(14-2-4-15(20)5-3-14)23-24(19)12-13-6-9-21-10-7-13/h2-11H,12H2,1H3. The number of thiophene rings is 1. The summed E-state index contributed by atoms with van der Waals surface area (Å²) in [5.74, 6) is 0. The van der Waals surface area contributed by atoms with Gasteiger partial charge in [-0.15, -0.1) is 11.3 Å². The first-order valence-corrected chi connectivity index (χ1v) is 10.4. The summed E-state index contributed by atoms with van der Waals surface area (Å²) >= 11 is 9.28. The van der Waals surface area contributed by atoms with Gasteiger partial charge in [-0.2, -0.15) is 5.10 Å². The van der Waals surface area contributed by atoms with Crippen molar-refractivity contribution >= 4 is 50.6 Å². The molecule has 4 rings (SSSR count). The first-order chi connectivity index (χ1) is 12.7. The van der Waals surface area contributed by atoms with Crippen LogP contribution in [0.2, 0.25) is 5.02 Å². The third kappa shape index (κ3) is 3.53. The molecule has 1 aromatic carbocycles. The number of aromatic nitrogens is 1. The highest BCUT2D eigenvalue weighted by Crippen LogP contribution is 2.34. The van der Waals surface area contributed by atoms with Gasteiger partial charge >= 0.3 is 0 Å². The fraction of sp³-hybridized carbons (Fsp3) is 0.105. The van der Waals surface area contributed by atoms with Crippen LogP contribution in [-0.2, 0) is 6.54 Å². The van der Waals surface area contributed by atoms with Gasteiger partial charge in [0, 0.05) is 28.5 Å². The molecule has 0 aliphatic carbocycles. The van der Waals surface area contributed by atoms with Gasteiger partial charge in [-0.1, -0.05) is 35.5 Å². The number of fused-ring (bicyclic) bond motifs is 1. The number of halogens is 1. The molecule has 1 aliphatic heterocycles. The van der Waals surface area contributed by atoms with Crippen LogP contribution >= 0.6 is 34.7 Å². The zero-order valence-electron chi connectivity index (χ0n) is 14.0. The first kappa shape index (κ1) is 17.3. The van der Waals surface area contributed by atoms with Gasteiger partial charge in [0.05, 0.1) is 6.54 Å². The molecule has 0 saturated heterocycles. The third-order valence-corrected chi connectivity index (χ3v) is 5.65. The molecule has 0 radical (unpaired) electrons. The summed E-state index contributed by atoms with van der Waals surface area (Å²) in [4.78, 5) is 8.95. The number of hydrogen-bond donors (Lipinski definition) is 0. The Morgan fingerprint density at radius 1 is 1.08 bits per heavy atom. The van der Waals surface area contributed by atoms with Crippen LogP contribution in [0.4, 0.5) is 5.00 Å². The molecule has 130 valence electrons. The molecule has 0 fully saturated rings. The zero-order valence-corrected chi connectivity index (χ0v) is 16.4. The summed E-state index contributed by atoms with van der Waals surface area (Å²) in [7, 11) is 0. The number of nitrogens with zero attached hydrogens (tertiary/aromatic N) is 4. The second-order valence-electron chi connectivity index (χ2n) is 5.61. The predicted octanol–water partition coefficient (Wildman–Crippen LogP) is 5.42. The molecule has 0 bridgehead atoms. The van der Waals surface area contributed by atoms with Gasteiger partial charge in [0.1, 0.15) is 10.7 Å². The average Bonchev–Trinajstić information content (AvgIpc) is 3.07. The maximum atomic E-state index is 6.06. The summed E-state index contributed by atoms with van der Waals surface area (Å²) < 4.78 is 0. The van der Waals surface area contributed by atoms with Crippen molar-refractivity contribution in [2.75, 3.05) is 6.26 Å². The van der Waals surface area contributed by atoms with Crippen LogP contribution in [0.25, 0.3) is 0 Å². The molecule has 0 unspecified atom stereocenters. The van der Waals surface area contributed by atoms with E-state index in [9.17, 15) is 0 Å². The van der Waals surface area contributed by atoms with E-state index in [1.165, 1.54) is 0 Å². The van der Waals surface area contributed by atoms with E-state index in [-0.39, 0.29) is 0 Å². The van der Waals surface area contributed by atoms with Gasteiger partial charge in [-0.05, 0) is 47.5 Å². The fourth-order valence-corrected chi connectivity index (χ4v) is 4.11. The van der Waals surface area contributed by atoms with Crippen molar-refractivity contribution in [1.82, 2.24) is 9.99 Å². The maximum absolute atomic E-state index is 6.06. The Balaban J connectivity index is 1.81. The van der Waals surface area contributed by atoms with Crippen molar-refractivity contribution in [2.24, 2.45) is 10.1 Å². The minimum absolute atomic E-state index is 0.633. The monoisotopic (exact) mass is 398 g/mol. The number of rotatable bonds is 3. The number of thioether (sulfide) groups is 1. The Kier molecular flexibility index (Phi) is 5.06. The first-order valence-electron chi connectivity index (χ1n) is 7.96. The summed E-state index contributed by atoms with van der Waals surface area (Å²) in [6.07, 6.45) is 5.61. The predicted molar refractivity (Wildman–Crippen MR) is 112 cm³/mol. The molecule has 26 heavy (non-hydrogen) atoms. The van der Waals surface area contributed by atoms with Crippen LogP contribution in [0.15, 0.2) is 70.3 Å². The molecular weight excluding hydrogens is 384 g/mol. The van der Waals surface area contributed by atoms with Crippen molar-refractivity contribution in [3.8, 4) is 0 Å². The van der Waals surface area contributed by atoms with Crippen LogP contribution < -0.4 is 0 Å². The average molecular weight is 399 g/mol. The van der Waals surface area contributed by atoms with Crippen LogP contribution in [-0.4, -0.2) is 27.1 Å². The van der Waals surface area contributed by atoms with Crippen molar-refractivity contribution in [3.63, 3.8) is 0 Å². The molecule has 1 aliphatic rings. The van der Waals surface area contributed by atoms with E-state index in [4.69, 9.17) is 21.7 Å². The van der Waals surface area contributed by atoms with E-state index >= 15 is 0 Å². The number of pyridine rings is 1. The Bertz CT molecular complexity index is 965. The van der Waals surface area contributed by atoms with Crippen LogP contribution in [0.1, 0.15) is 16.7 Å². The van der Waals surface area contributed by atoms with Gasteiger partial charge in [0.25, 0.3) is 0 Å². The maximum Gasteiger partial charge on any atom is 0.185 e. The number of amidine groups is 1. The van der Waals surface area contributed by atoms with E-state index in [0.717, 1.165) is 32.6 Å². The second kappa shape index (κ2) is 7.61. The van der Waals surface area contributed by atoms with Gasteiger partial charge in [0.15, 0.2) is 5.17 Å². The molecule has 0 amide bonds. The number of hydrazone groups is 1. The van der Waals surface area contributed by atoms with Gasteiger partial charge in [-0.25, -0.2) is 10.0 Å². The molecule has 3 heterocycles. The Labute approximate surface area is 165 Å². The summed E-state index contributed by atoms with van der Waals surface area (Å²) in [6, 6.07) is 13.8. The topological polar surface area (TPSA) is 40.9 Å². The number of benzene rings is 1. The Hall–Kier alpha value is -2.15. The molecule has 4 nitrogen and oxygen atoms in total. The van der Waals surface area contributed by atoms with Crippen LogP contribution in [0.3, 0.4) is 0 Å². The number of hydrogen-bond acceptors (Lipinski definition) is 6. The van der Waals surface area contributed by atoms with Gasteiger partial charge < -0.3 is 0 Å². The van der Waals surface area contributed by atoms with E-state index in [2.05, 4.69) is 16.4 Å². The van der Waals surface area contributed by atoms with E-state index in [1.54, 1.807) is 35.5 Å². The zero-order chi connectivity index (χ0) is 17.9. The van der Waals surface area contributed by atoms with E-state index in [1.807, 2.05) is 47.7 Å². The fourth-order valence-electron chi connectivity index (χ4n) is 2.67. The molecule has 3 aromatic rings. The Morgan fingerprint density at radius 3 is 2.58 bits per heavy atom. The molecule has 2 aromatic heterocycles. The quantitative estimate of drug-likeness (QED) is 0.591. The smallest absolute Gasteiger partial charge is 0.185 e. The van der Waals surface area contributed by atoms with Gasteiger partial charge in [-0.3, -0.25) is 4.98 Å². The lowest BCUT2D eigenvalue weighted by Gasteiger charge is -2.19. The second-order valence-corrected chi connectivity index (χ2v) is 7.71. The molecule has 0 saturated carbocycles. The molecule has 0 atom stereocenters. The molecule has 0 spiro atoms. The summed E-state index contributed by atoms with van der Waals surface area (Å²) in [5.41, 5.74) is 4.10. The molecule has 7 heteroatoms. The lowest BCUT2D eigenvalue weighted by Crippen LogP contribution is -2.23. The lowest BCUT2D eigenvalue weighted by atomic mass is 10.0. The highest BCUT2D eigenvalue weighted by molar-refractivity contribution is 8.13. The minimum atomic E-state index is 0.633. The van der Waals surface area contributed by atoms with E-state index < -0.39 is 0 Å². The molecular formula is C19H15ClN4S2. The Morgan fingerprint density at radius 2 is 1.85 bits per heavy atom. The van der Waals surface area contributed by atoms with Crippen LogP contribution in [0, 0.1) is 0 Å². The summed E-state index contributed by atoms with van der Waals surface area (Å²) in [5, 5.41) is 11.5. The SMILES string of the molecule is CSC1=Nc2sccc2C(c2ccc(Cl)cc2)=NN1Cc1ccncc1. The van der Waals surface area contributed by atoms with E-state index in [0.29, 0.717) is 11.6 Å². The number of aliphatic imine (C=N–C) groups is 1. The third-order valence-electron chi connectivity index (χ3n) is 3.92. The minimum Gasteiger partial charge on any atom is -0.265 e. The van der Waals surface area contributed by atoms with Crippen molar-refractivity contribution < 1.29 is 0 Å². The van der Waals surface area contributed by atoms with Gasteiger partial charge in [0.2, 0.25) is 0 Å². The largest absolute Gasteiger partial charge is 0.265 e. The highest BCUT2D eigenvalue weighted by atomic mass is 35.5. The van der Waals surface area contributed by atoms with Crippen molar-refractivity contribution in [1.29, 1.82) is 0 Å². The van der Waals surface area contributed by atoms with Crippen LogP contribution in [0.5, 0.6) is 0 Å². The normalized spacial score (nSPS) is 13.7. The highest BCUT2D eigenvalue weighted by Gasteiger charge is 2.22. The van der Waals surface area contributed by atoms with Crippen molar-refractivity contribution in [3.05, 3.63) is 82.0 Å².